The van der Waals surface area contributed by atoms with Gasteiger partial charge in [-0.25, -0.2) is 8.42 Å². The SMILES string of the molecule is CC(=O)CCCOCCS(=O)(=O)c1ccc(OCCc2cccc(-c3ccccc3C(C)C)c2)cc1.COC. The number of hydrogen-bond acceptors (Lipinski definition) is 6. The minimum Gasteiger partial charge on any atom is -0.493 e. The van der Waals surface area contributed by atoms with E-state index in [4.69, 9.17) is 9.47 Å². The van der Waals surface area contributed by atoms with Crippen molar-refractivity contribution in [2.45, 2.75) is 50.8 Å². The molecule has 0 N–H and O–H groups in total. The number of Topliss-reactive ketones (excluding diaryl/α,β-unsaturated/α-hetero) is 1. The van der Waals surface area contributed by atoms with Crippen molar-refractivity contribution in [1.82, 2.24) is 0 Å². The van der Waals surface area contributed by atoms with E-state index >= 15 is 0 Å². The monoisotopic (exact) mass is 554 g/mol. The number of sulfone groups is 1. The van der Waals surface area contributed by atoms with Crippen LogP contribution in [0.1, 0.15) is 50.7 Å². The average molecular weight is 555 g/mol. The summed E-state index contributed by atoms with van der Waals surface area (Å²) < 4.78 is 40.5. The number of benzene rings is 3. The van der Waals surface area contributed by atoms with Gasteiger partial charge in [0.15, 0.2) is 9.84 Å². The maximum absolute atomic E-state index is 12.5. The largest absolute Gasteiger partial charge is 0.493 e. The fourth-order valence-corrected chi connectivity index (χ4v) is 5.12. The van der Waals surface area contributed by atoms with Gasteiger partial charge in [0.05, 0.1) is 23.9 Å². The predicted octanol–water partition coefficient (Wildman–Crippen LogP) is 6.52. The molecular formula is C32H42O6S. The summed E-state index contributed by atoms with van der Waals surface area (Å²) >= 11 is 0. The summed E-state index contributed by atoms with van der Waals surface area (Å²) in [5, 5.41) is 0. The lowest BCUT2D eigenvalue weighted by atomic mass is 9.92. The van der Waals surface area contributed by atoms with Crippen molar-refractivity contribution >= 4 is 15.6 Å². The van der Waals surface area contributed by atoms with E-state index in [1.807, 2.05) is 0 Å². The number of carbonyl (C=O) groups is 1. The van der Waals surface area contributed by atoms with Crippen molar-refractivity contribution in [3.05, 3.63) is 83.9 Å². The molecule has 0 aliphatic carbocycles. The molecule has 3 aromatic carbocycles. The van der Waals surface area contributed by atoms with Gasteiger partial charge in [0.25, 0.3) is 0 Å². The maximum Gasteiger partial charge on any atom is 0.180 e. The molecule has 0 amide bonds. The van der Waals surface area contributed by atoms with Crippen LogP contribution in [0.15, 0.2) is 77.7 Å². The van der Waals surface area contributed by atoms with E-state index in [0.29, 0.717) is 37.7 Å². The second-order valence-electron chi connectivity index (χ2n) is 9.66. The standard InChI is InChI=1S/C30H36O5S.C2H6O/c1-23(2)29-11-4-5-12-30(29)26-10-6-9-25(22-26)17-19-35-27-13-15-28(16-14-27)36(32,33)21-20-34-18-7-8-24(3)31;1-3-2/h4-6,9-16,22-23H,7-8,17-21H2,1-3H3;1-2H3. The van der Waals surface area contributed by atoms with E-state index in [1.165, 1.54) is 29.2 Å². The van der Waals surface area contributed by atoms with Crippen LogP contribution in [0, 0.1) is 0 Å². The minimum atomic E-state index is -3.43. The van der Waals surface area contributed by atoms with Gasteiger partial charge in [0.1, 0.15) is 11.5 Å². The smallest absolute Gasteiger partial charge is 0.180 e. The molecule has 0 heterocycles. The molecule has 0 fully saturated rings. The average Bonchev–Trinajstić information content (AvgIpc) is 2.91. The van der Waals surface area contributed by atoms with Gasteiger partial charge in [-0.05, 0) is 65.8 Å². The van der Waals surface area contributed by atoms with Crippen LogP contribution in [0.4, 0.5) is 0 Å². The van der Waals surface area contributed by atoms with Crippen LogP contribution in [0.3, 0.4) is 0 Å². The zero-order chi connectivity index (χ0) is 28.7. The topological polar surface area (TPSA) is 78.9 Å². The van der Waals surface area contributed by atoms with E-state index < -0.39 is 9.84 Å². The highest BCUT2D eigenvalue weighted by Gasteiger charge is 2.14. The molecule has 0 unspecified atom stereocenters. The van der Waals surface area contributed by atoms with Crippen LogP contribution >= 0.6 is 0 Å². The Bertz CT molecular complexity index is 1250. The summed E-state index contributed by atoms with van der Waals surface area (Å²) in [6.07, 6.45) is 1.81. The van der Waals surface area contributed by atoms with E-state index in [0.717, 1.165) is 6.42 Å². The Morgan fingerprint density at radius 1 is 0.872 bits per heavy atom. The van der Waals surface area contributed by atoms with E-state index in [9.17, 15) is 13.2 Å². The minimum absolute atomic E-state index is 0.0937. The van der Waals surface area contributed by atoms with Gasteiger partial charge in [0, 0.05) is 33.7 Å². The van der Waals surface area contributed by atoms with Gasteiger partial charge in [0.2, 0.25) is 0 Å². The van der Waals surface area contributed by atoms with Crippen LogP contribution in [0.2, 0.25) is 0 Å². The maximum atomic E-state index is 12.5. The van der Waals surface area contributed by atoms with Crippen LogP contribution in [-0.2, 0) is 30.5 Å². The van der Waals surface area contributed by atoms with Gasteiger partial charge in [-0.1, -0.05) is 62.4 Å². The number of methoxy groups -OCH3 is 1. The molecule has 212 valence electrons. The third-order valence-electron chi connectivity index (χ3n) is 5.98. The normalized spacial score (nSPS) is 11.1. The third-order valence-corrected chi connectivity index (χ3v) is 7.67. The summed E-state index contributed by atoms with van der Waals surface area (Å²) in [6.45, 7) is 6.94. The lowest BCUT2D eigenvalue weighted by Gasteiger charge is -2.14. The molecule has 0 saturated carbocycles. The molecule has 3 aromatic rings. The van der Waals surface area contributed by atoms with Crippen molar-refractivity contribution in [1.29, 1.82) is 0 Å². The fraction of sp³-hybridized carbons (Fsp3) is 0.406. The molecule has 0 aliphatic rings. The van der Waals surface area contributed by atoms with Crippen molar-refractivity contribution in [2.24, 2.45) is 0 Å². The Kier molecular flexibility index (Phi) is 13.9. The van der Waals surface area contributed by atoms with Crippen LogP contribution in [0.5, 0.6) is 5.75 Å². The second-order valence-corrected chi connectivity index (χ2v) is 11.8. The van der Waals surface area contributed by atoms with Crippen molar-refractivity contribution in [2.75, 3.05) is 39.8 Å². The Balaban J connectivity index is 0.00000170. The number of carbonyl (C=O) groups excluding carboxylic acids is 1. The summed E-state index contributed by atoms with van der Waals surface area (Å²) in [6, 6.07) is 23.6. The lowest BCUT2D eigenvalue weighted by Crippen LogP contribution is -2.13. The van der Waals surface area contributed by atoms with Crippen LogP contribution in [0.25, 0.3) is 11.1 Å². The van der Waals surface area contributed by atoms with Gasteiger partial charge < -0.3 is 19.0 Å². The van der Waals surface area contributed by atoms with Gasteiger partial charge in [-0.2, -0.15) is 0 Å². The Morgan fingerprint density at radius 2 is 1.56 bits per heavy atom. The number of ketones is 1. The molecule has 3 rings (SSSR count). The van der Waals surface area contributed by atoms with Crippen molar-refractivity contribution in [3.8, 4) is 16.9 Å². The summed E-state index contributed by atoms with van der Waals surface area (Å²) in [5.41, 5.74) is 4.98. The quantitative estimate of drug-likeness (QED) is 0.211. The molecule has 0 radical (unpaired) electrons. The predicted molar refractivity (Wildman–Crippen MR) is 157 cm³/mol. The summed E-state index contributed by atoms with van der Waals surface area (Å²) in [4.78, 5) is 11.2. The summed E-state index contributed by atoms with van der Waals surface area (Å²) in [5.74, 6) is 1.10. The third kappa shape index (κ3) is 11.3. The van der Waals surface area contributed by atoms with Gasteiger partial charge in [-0.3, -0.25) is 0 Å². The zero-order valence-electron chi connectivity index (χ0n) is 23.8. The molecule has 39 heavy (non-hydrogen) atoms. The van der Waals surface area contributed by atoms with E-state index in [1.54, 1.807) is 38.5 Å². The Labute approximate surface area is 234 Å². The first-order chi connectivity index (χ1) is 18.7. The van der Waals surface area contributed by atoms with Gasteiger partial charge in [-0.15, -0.1) is 0 Å². The highest BCUT2D eigenvalue weighted by Crippen LogP contribution is 2.29. The van der Waals surface area contributed by atoms with Crippen LogP contribution < -0.4 is 4.74 Å². The van der Waals surface area contributed by atoms with Crippen LogP contribution in [-0.4, -0.2) is 54.0 Å². The highest BCUT2D eigenvalue weighted by atomic mass is 32.2. The second kappa shape index (κ2) is 16.9. The molecule has 7 heteroatoms. The Hall–Kier alpha value is -3.00. The molecule has 0 spiro atoms. The zero-order valence-corrected chi connectivity index (χ0v) is 24.6. The Morgan fingerprint density at radius 3 is 2.23 bits per heavy atom. The first kappa shape index (κ1) is 32.2. The van der Waals surface area contributed by atoms with Gasteiger partial charge >= 0.3 is 0 Å². The summed E-state index contributed by atoms with van der Waals surface area (Å²) in [7, 11) is -0.182. The fourth-order valence-electron chi connectivity index (χ4n) is 4.00. The molecule has 0 bridgehead atoms. The molecule has 0 atom stereocenters. The first-order valence-electron chi connectivity index (χ1n) is 13.3. The number of hydrogen-bond donors (Lipinski definition) is 0. The number of ether oxygens (including phenoxy) is 3. The van der Waals surface area contributed by atoms with E-state index in [-0.39, 0.29) is 23.0 Å². The van der Waals surface area contributed by atoms with E-state index in [2.05, 4.69) is 67.1 Å². The molecule has 0 saturated heterocycles. The first-order valence-corrected chi connectivity index (χ1v) is 14.9. The molecule has 6 nitrogen and oxygen atoms in total. The number of rotatable bonds is 14. The van der Waals surface area contributed by atoms with Crippen molar-refractivity contribution in [3.63, 3.8) is 0 Å². The molecule has 0 aromatic heterocycles. The van der Waals surface area contributed by atoms with Crippen molar-refractivity contribution < 1.29 is 27.4 Å². The molecular weight excluding hydrogens is 512 g/mol. The molecule has 0 aliphatic heterocycles. The lowest BCUT2D eigenvalue weighted by molar-refractivity contribution is -0.117. The highest BCUT2D eigenvalue weighted by molar-refractivity contribution is 7.91.